The van der Waals surface area contributed by atoms with E-state index in [9.17, 15) is 13.2 Å². The molecule has 0 aromatic heterocycles. The molecule has 0 fully saturated rings. The first-order chi connectivity index (χ1) is 7.88. The second-order valence-electron chi connectivity index (χ2n) is 3.54. The number of halogens is 3. The van der Waals surface area contributed by atoms with Gasteiger partial charge >= 0.3 is 6.18 Å². The topological polar surface area (TPSA) is 35.2 Å². The number of rotatable bonds is 5. The van der Waals surface area contributed by atoms with E-state index in [0.29, 0.717) is 11.4 Å². The lowest BCUT2D eigenvalue weighted by Crippen LogP contribution is -2.17. The van der Waals surface area contributed by atoms with E-state index in [4.69, 9.17) is 5.73 Å². The molecule has 0 radical (unpaired) electrons. The molecule has 2 N–H and O–H groups in total. The predicted octanol–water partition coefficient (Wildman–Crippen LogP) is 3.25. The number of aryl methyl sites for hydroxylation is 1. The minimum absolute atomic E-state index is 0.0774. The van der Waals surface area contributed by atoms with E-state index in [0.717, 1.165) is 10.5 Å². The van der Waals surface area contributed by atoms with Crippen molar-refractivity contribution in [3.63, 3.8) is 0 Å². The molecule has 0 unspecified atom stereocenters. The largest absolute Gasteiger partial charge is 0.411 e. The van der Waals surface area contributed by atoms with Gasteiger partial charge in [0.2, 0.25) is 0 Å². The fourth-order valence-electron chi connectivity index (χ4n) is 1.23. The Hall–Kier alpha value is -0.880. The highest BCUT2D eigenvalue weighted by Gasteiger charge is 2.27. The van der Waals surface area contributed by atoms with Crippen LogP contribution >= 0.6 is 11.8 Å². The first-order valence-corrected chi connectivity index (χ1v) is 6.00. The molecule has 0 bridgehead atoms. The van der Waals surface area contributed by atoms with Crippen molar-refractivity contribution in [1.82, 2.24) is 0 Å². The molecule has 0 aliphatic rings. The van der Waals surface area contributed by atoms with Crippen molar-refractivity contribution in [1.29, 1.82) is 0 Å². The van der Waals surface area contributed by atoms with Crippen LogP contribution in [0.25, 0.3) is 0 Å². The number of hydrogen-bond acceptors (Lipinski definition) is 3. The highest BCUT2D eigenvalue weighted by molar-refractivity contribution is 7.99. The van der Waals surface area contributed by atoms with E-state index >= 15 is 0 Å². The van der Waals surface area contributed by atoms with Crippen molar-refractivity contribution >= 4 is 17.4 Å². The van der Waals surface area contributed by atoms with Gasteiger partial charge in [0, 0.05) is 16.3 Å². The van der Waals surface area contributed by atoms with E-state index in [2.05, 4.69) is 4.74 Å². The number of benzene rings is 1. The first kappa shape index (κ1) is 14.2. The molecule has 17 heavy (non-hydrogen) atoms. The summed E-state index contributed by atoms with van der Waals surface area (Å²) in [6.07, 6.45) is -4.25. The van der Waals surface area contributed by atoms with E-state index in [1.54, 1.807) is 6.07 Å². The van der Waals surface area contributed by atoms with Crippen LogP contribution in [0.1, 0.15) is 5.56 Å². The zero-order valence-electron chi connectivity index (χ0n) is 9.38. The van der Waals surface area contributed by atoms with E-state index in [1.165, 1.54) is 11.8 Å². The lowest BCUT2D eigenvalue weighted by atomic mass is 10.2. The Morgan fingerprint density at radius 2 is 2.06 bits per heavy atom. The second kappa shape index (κ2) is 6.16. The zero-order valence-corrected chi connectivity index (χ0v) is 10.2. The summed E-state index contributed by atoms with van der Waals surface area (Å²) >= 11 is 1.46. The second-order valence-corrected chi connectivity index (χ2v) is 4.68. The summed E-state index contributed by atoms with van der Waals surface area (Å²) in [5.74, 6) is 0.487. The van der Waals surface area contributed by atoms with Gasteiger partial charge in [-0.1, -0.05) is 0 Å². The van der Waals surface area contributed by atoms with Gasteiger partial charge in [0.1, 0.15) is 6.61 Å². The summed E-state index contributed by atoms with van der Waals surface area (Å²) in [5, 5.41) is 0. The van der Waals surface area contributed by atoms with Crippen LogP contribution < -0.4 is 5.73 Å². The van der Waals surface area contributed by atoms with Crippen LogP contribution in [0, 0.1) is 6.92 Å². The van der Waals surface area contributed by atoms with Crippen molar-refractivity contribution in [2.45, 2.75) is 18.0 Å². The SMILES string of the molecule is Cc1cc(N)ccc1SCCOCC(F)(F)F. The quantitative estimate of drug-likeness (QED) is 0.504. The molecule has 0 aliphatic carbocycles. The summed E-state index contributed by atoms with van der Waals surface area (Å²) in [6, 6.07) is 5.46. The monoisotopic (exact) mass is 265 g/mol. The maximum atomic E-state index is 11.8. The molecule has 0 amide bonds. The van der Waals surface area contributed by atoms with E-state index in [1.807, 2.05) is 19.1 Å². The summed E-state index contributed by atoms with van der Waals surface area (Å²) in [7, 11) is 0. The van der Waals surface area contributed by atoms with Gasteiger partial charge in [-0.15, -0.1) is 11.8 Å². The third-order valence-corrected chi connectivity index (χ3v) is 3.09. The third kappa shape index (κ3) is 5.83. The highest BCUT2D eigenvalue weighted by Crippen LogP contribution is 2.24. The van der Waals surface area contributed by atoms with Crippen molar-refractivity contribution in [3.05, 3.63) is 23.8 Å². The third-order valence-electron chi connectivity index (χ3n) is 1.95. The van der Waals surface area contributed by atoms with Crippen LogP contribution in [-0.4, -0.2) is 25.1 Å². The normalized spacial score (nSPS) is 11.8. The number of anilines is 1. The molecule has 0 atom stereocenters. The fourth-order valence-corrected chi connectivity index (χ4v) is 2.10. The Morgan fingerprint density at radius 3 is 2.65 bits per heavy atom. The lowest BCUT2D eigenvalue weighted by Gasteiger charge is -2.08. The number of hydrogen-bond donors (Lipinski definition) is 1. The molecule has 6 heteroatoms. The summed E-state index contributed by atoms with van der Waals surface area (Å²) in [5.41, 5.74) is 7.29. The molecule has 1 aromatic rings. The van der Waals surface area contributed by atoms with Crippen molar-refractivity contribution < 1.29 is 17.9 Å². The average Bonchev–Trinajstić information content (AvgIpc) is 2.18. The van der Waals surface area contributed by atoms with E-state index in [-0.39, 0.29) is 6.61 Å². The van der Waals surface area contributed by atoms with Gasteiger partial charge in [-0.2, -0.15) is 13.2 Å². The summed E-state index contributed by atoms with van der Waals surface area (Å²) in [6.45, 7) is 0.803. The lowest BCUT2D eigenvalue weighted by molar-refractivity contribution is -0.172. The molecule has 1 rings (SSSR count). The smallest absolute Gasteiger partial charge is 0.399 e. The number of nitrogen functional groups attached to an aromatic ring is 1. The standard InChI is InChI=1S/C11H14F3NOS/c1-8-6-9(15)2-3-10(8)17-5-4-16-7-11(12,13)14/h2-3,6H,4-5,7,15H2,1H3. The predicted molar refractivity (Wildman–Crippen MR) is 63.2 cm³/mol. The van der Waals surface area contributed by atoms with Crippen LogP contribution in [0.5, 0.6) is 0 Å². The minimum atomic E-state index is -4.25. The van der Waals surface area contributed by atoms with Gasteiger partial charge in [-0.25, -0.2) is 0 Å². The molecule has 0 saturated heterocycles. The van der Waals surface area contributed by atoms with E-state index < -0.39 is 12.8 Å². The van der Waals surface area contributed by atoms with Crippen molar-refractivity contribution in [2.75, 3.05) is 24.7 Å². The number of thioether (sulfide) groups is 1. The molecule has 2 nitrogen and oxygen atoms in total. The average molecular weight is 265 g/mol. The first-order valence-electron chi connectivity index (χ1n) is 5.02. The van der Waals surface area contributed by atoms with Crippen LogP contribution in [-0.2, 0) is 4.74 Å². The Kier molecular flexibility index (Phi) is 5.14. The number of ether oxygens (including phenoxy) is 1. The fraction of sp³-hybridized carbons (Fsp3) is 0.455. The Balaban J connectivity index is 2.27. The van der Waals surface area contributed by atoms with Gasteiger partial charge in [0.25, 0.3) is 0 Å². The van der Waals surface area contributed by atoms with Gasteiger partial charge in [-0.05, 0) is 30.7 Å². The summed E-state index contributed by atoms with van der Waals surface area (Å²) < 4.78 is 39.8. The van der Waals surface area contributed by atoms with Crippen molar-refractivity contribution in [3.8, 4) is 0 Å². The zero-order chi connectivity index (χ0) is 12.9. The number of nitrogens with two attached hydrogens (primary N) is 1. The minimum Gasteiger partial charge on any atom is -0.399 e. The molecule has 0 saturated carbocycles. The van der Waals surface area contributed by atoms with Crippen LogP contribution in [0.4, 0.5) is 18.9 Å². The Labute approximate surface area is 102 Å². The van der Waals surface area contributed by atoms with Crippen LogP contribution in [0.2, 0.25) is 0 Å². The molecule has 96 valence electrons. The molecule has 1 aromatic carbocycles. The Bertz CT molecular complexity index is 368. The maximum absolute atomic E-state index is 11.8. The molecule has 0 heterocycles. The van der Waals surface area contributed by atoms with Gasteiger partial charge in [0.15, 0.2) is 0 Å². The Morgan fingerprint density at radius 1 is 1.35 bits per heavy atom. The van der Waals surface area contributed by atoms with Gasteiger partial charge < -0.3 is 10.5 Å². The van der Waals surface area contributed by atoms with Crippen LogP contribution in [0.3, 0.4) is 0 Å². The highest BCUT2D eigenvalue weighted by atomic mass is 32.2. The molecular weight excluding hydrogens is 251 g/mol. The molecule has 0 spiro atoms. The van der Waals surface area contributed by atoms with Crippen molar-refractivity contribution in [2.24, 2.45) is 0 Å². The maximum Gasteiger partial charge on any atom is 0.411 e. The molecular formula is C11H14F3NOS. The molecule has 0 aliphatic heterocycles. The van der Waals surface area contributed by atoms with Gasteiger partial charge in [0.05, 0.1) is 6.61 Å². The van der Waals surface area contributed by atoms with Crippen LogP contribution in [0.15, 0.2) is 23.1 Å². The van der Waals surface area contributed by atoms with Gasteiger partial charge in [-0.3, -0.25) is 0 Å². The summed E-state index contributed by atoms with van der Waals surface area (Å²) in [4.78, 5) is 1.01. The number of alkyl halides is 3.